The molecule has 1 aromatic carbocycles. The van der Waals surface area contributed by atoms with Crippen LogP contribution in [0.25, 0.3) is 10.9 Å². The van der Waals surface area contributed by atoms with E-state index in [0.29, 0.717) is 18.9 Å². The van der Waals surface area contributed by atoms with E-state index in [1.165, 1.54) is 0 Å². The number of nitrogens with one attached hydrogen (secondary N) is 2. The standard InChI is InChI=1S/C18H17N5O2/c24-16-9-12(18(25)20-10-13-5-3-4-8-19-13)11-23(16)17-14-6-1-2-7-15(14)21-22-17/h1-8,12H,9-11H2,(H,20,25)(H,21,22). The first-order valence-electron chi connectivity index (χ1n) is 8.13. The summed E-state index contributed by atoms with van der Waals surface area (Å²) in [5.41, 5.74) is 1.66. The first kappa shape index (κ1) is 15.3. The third-order valence-corrected chi connectivity index (χ3v) is 4.37. The summed E-state index contributed by atoms with van der Waals surface area (Å²) >= 11 is 0. The molecule has 1 aliphatic rings. The Balaban J connectivity index is 1.46. The third kappa shape index (κ3) is 2.96. The number of para-hydroxylation sites is 1. The molecule has 1 atom stereocenters. The van der Waals surface area contributed by atoms with E-state index in [4.69, 9.17) is 0 Å². The maximum Gasteiger partial charge on any atom is 0.229 e. The summed E-state index contributed by atoms with van der Waals surface area (Å²) in [4.78, 5) is 30.5. The lowest BCUT2D eigenvalue weighted by Crippen LogP contribution is -2.33. The number of carbonyl (C=O) groups is 2. The number of nitrogens with zero attached hydrogens (tertiary/aromatic N) is 3. The Morgan fingerprint density at radius 3 is 2.92 bits per heavy atom. The third-order valence-electron chi connectivity index (χ3n) is 4.37. The van der Waals surface area contributed by atoms with Crippen LogP contribution in [0.5, 0.6) is 0 Å². The van der Waals surface area contributed by atoms with E-state index < -0.39 is 0 Å². The molecule has 0 saturated carbocycles. The van der Waals surface area contributed by atoms with Gasteiger partial charge < -0.3 is 5.32 Å². The molecular weight excluding hydrogens is 318 g/mol. The van der Waals surface area contributed by atoms with E-state index in [1.54, 1.807) is 11.1 Å². The number of fused-ring (bicyclic) bond motifs is 1. The minimum atomic E-state index is -0.383. The van der Waals surface area contributed by atoms with Crippen molar-refractivity contribution in [3.8, 4) is 0 Å². The van der Waals surface area contributed by atoms with E-state index in [0.717, 1.165) is 16.6 Å². The molecule has 7 heteroatoms. The van der Waals surface area contributed by atoms with Gasteiger partial charge in [-0.1, -0.05) is 18.2 Å². The van der Waals surface area contributed by atoms with Gasteiger partial charge in [-0.2, -0.15) is 5.10 Å². The van der Waals surface area contributed by atoms with E-state index in [1.807, 2.05) is 42.5 Å². The van der Waals surface area contributed by atoms with Crippen LogP contribution in [0.3, 0.4) is 0 Å². The monoisotopic (exact) mass is 335 g/mol. The van der Waals surface area contributed by atoms with Gasteiger partial charge in [0, 0.05) is 24.5 Å². The minimum absolute atomic E-state index is 0.0877. The number of H-pyrrole nitrogens is 1. The normalized spacial score (nSPS) is 17.2. The SMILES string of the molecule is O=C(NCc1ccccn1)C1CC(=O)N(c2n[nH]c3ccccc23)C1. The highest BCUT2D eigenvalue weighted by atomic mass is 16.2. The second-order valence-corrected chi connectivity index (χ2v) is 6.04. The van der Waals surface area contributed by atoms with Crippen molar-refractivity contribution in [2.75, 3.05) is 11.4 Å². The summed E-state index contributed by atoms with van der Waals surface area (Å²) in [5.74, 6) is -0.0242. The zero-order valence-corrected chi connectivity index (χ0v) is 13.5. The predicted octanol–water partition coefficient (Wildman–Crippen LogP) is 1.63. The number of carbonyl (C=O) groups excluding carboxylic acids is 2. The summed E-state index contributed by atoms with van der Waals surface area (Å²) in [5, 5.41) is 10.9. The summed E-state index contributed by atoms with van der Waals surface area (Å²) in [6.45, 7) is 0.692. The van der Waals surface area contributed by atoms with Gasteiger partial charge in [0.2, 0.25) is 11.8 Å². The fourth-order valence-corrected chi connectivity index (χ4v) is 3.07. The van der Waals surface area contributed by atoms with Crippen molar-refractivity contribution < 1.29 is 9.59 Å². The molecule has 0 aliphatic carbocycles. The number of pyridine rings is 1. The molecule has 7 nitrogen and oxygen atoms in total. The van der Waals surface area contributed by atoms with E-state index >= 15 is 0 Å². The second kappa shape index (κ2) is 6.35. The van der Waals surface area contributed by atoms with Gasteiger partial charge in [0.15, 0.2) is 5.82 Å². The summed E-state index contributed by atoms with van der Waals surface area (Å²) < 4.78 is 0. The van der Waals surface area contributed by atoms with Gasteiger partial charge >= 0.3 is 0 Å². The molecule has 0 bridgehead atoms. The molecule has 2 amide bonds. The highest BCUT2D eigenvalue weighted by Gasteiger charge is 2.36. The molecule has 3 heterocycles. The number of aromatic amines is 1. The molecule has 1 fully saturated rings. The Bertz CT molecular complexity index is 921. The predicted molar refractivity (Wildman–Crippen MR) is 92.6 cm³/mol. The fourth-order valence-electron chi connectivity index (χ4n) is 3.07. The number of hydrogen-bond acceptors (Lipinski definition) is 4. The van der Waals surface area contributed by atoms with Crippen molar-refractivity contribution in [1.29, 1.82) is 0 Å². The molecule has 2 N–H and O–H groups in total. The largest absolute Gasteiger partial charge is 0.350 e. The lowest BCUT2D eigenvalue weighted by Gasteiger charge is -2.14. The number of aromatic nitrogens is 3. The van der Waals surface area contributed by atoms with Crippen molar-refractivity contribution in [3.05, 3.63) is 54.4 Å². The zero-order valence-electron chi connectivity index (χ0n) is 13.5. The van der Waals surface area contributed by atoms with Crippen molar-refractivity contribution in [1.82, 2.24) is 20.5 Å². The van der Waals surface area contributed by atoms with E-state index in [-0.39, 0.29) is 24.2 Å². The van der Waals surface area contributed by atoms with Crippen LogP contribution in [0.2, 0.25) is 0 Å². The number of anilines is 1. The van der Waals surface area contributed by atoms with Gasteiger partial charge in [0.1, 0.15) is 0 Å². The number of rotatable bonds is 4. The van der Waals surface area contributed by atoms with Crippen molar-refractivity contribution >= 4 is 28.5 Å². The lowest BCUT2D eigenvalue weighted by atomic mass is 10.1. The Kier molecular flexibility index (Phi) is 3.89. The Hall–Kier alpha value is -3.22. The van der Waals surface area contributed by atoms with E-state index in [2.05, 4.69) is 20.5 Å². The quantitative estimate of drug-likeness (QED) is 0.758. The molecule has 3 aromatic rings. The summed E-state index contributed by atoms with van der Waals surface area (Å²) in [7, 11) is 0. The molecule has 25 heavy (non-hydrogen) atoms. The molecule has 1 unspecified atom stereocenters. The van der Waals surface area contributed by atoms with Gasteiger partial charge in [-0.3, -0.25) is 24.6 Å². The van der Waals surface area contributed by atoms with Crippen LogP contribution in [0.15, 0.2) is 48.7 Å². The second-order valence-electron chi connectivity index (χ2n) is 6.04. The van der Waals surface area contributed by atoms with Gasteiger partial charge in [0.25, 0.3) is 0 Å². The van der Waals surface area contributed by atoms with Crippen LogP contribution < -0.4 is 10.2 Å². The summed E-state index contributed by atoms with van der Waals surface area (Å²) in [6, 6.07) is 13.2. The molecular formula is C18H17N5O2. The van der Waals surface area contributed by atoms with Crippen molar-refractivity contribution in [2.24, 2.45) is 5.92 Å². The van der Waals surface area contributed by atoms with Crippen LogP contribution in [0.1, 0.15) is 12.1 Å². The average molecular weight is 335 g/mol. The maximum atomic E-state index is 12.4. The van der Waals surface area contributed by atoms with Crippen LogP contribution in [0, 0.1) is 5.92 Å². The van der Waals surface area contributed by atoms with Crippen molar-refractivity contribution in [2.45, 2.75) is 13.0 Å². The first-order valence-corrected chi connectivity index (χ1v) is 8.13. The van der Waals surface area contributed by atoms with Crippen LogP contribution in [-0.4, -0.2) is 33.5 Å². The highest BCUT2D eigenvalue weighted by molar-refractivity contribution is 6.05. The Labute approximate surface area is 144 Å². The Morgan fingerprint density at radius 1 is 1.24 bits per heavy atom. The molecule has 0 spiro atoms. The molecule has 1 saturated heterocycles. The Morgan fingerprint density at radius 2 is 2.08 bits per heavy atom. The van der Waals surface area contributed by atoms with Crippen LogP contribution in [0.4, 0.5) is 5.82 Å². The number of amides is 2. The molecule has 0 radical (unpaired) electrons. The maximum absolute atomic E-state index is 12.4. The minimum Gasteiger partial charge on any atom is -0.350 e. The molecule has 1 aliphatic heterocycles. The van der Waals surface area contributed by atoms with Gasteiger partial charge in [-0.15, -0.1) is 0 Å². The topological polar surface area (TPSA) is 91.0 Å². The molecule has 2 aromatic heterocycles. The highest BCUT2D eigenvalue weighted by Crippen LogP contribution is 2.29. The van der Waals surface area contributed by atoms with Gasteiger partial charge in [-0.05, 0) is 24.3 Å². The summed E-state index contributed by atoms with van der Waals surface area (Å²) in [6.07, 6.45) is 1.88. The first-order chi connectivity index (χ1) is 12.2. The van der Waals surface area contributed by atoms with Gasteiger partial charge in [-0.25, -0.2) is 0 Å². The zero-order chi connectivity index (χ0) is 17.2. The van der Waals surface area contributed by atoms with Crippen LogP contribution >= 0.6 is 0 Å². The number of hydrogen-bond donors (Lipinski definition) is 2. The number of benzene rings is 1. The smallest absolute Gasteiger partial charge is 0.229 e. The fraction of sp³-hybridized carbons (Fsp3) is 0.222. The molecule has 126 valence electrons. The van der Waals surface area contributed by atoms with E-state index in [9.17, 15) is 9.59 Å². The van der Waals surface area contributed by atoms with Gasteiger partial charge in [0.05, 0.1) is 23.7 Å². The molecule has 4 rings (SSSR count). The average Bonchev–Trinajstić information content (AvgIpc) is 3.24. The van der Waals surface area contributed by atoms with Crippen molar-refractivity contribution in [3.63, 3.8) is 0 Å². The lowest BCUT2D eigenvalue weighted by molar-refractivity contribution is -0.126. The van der Waals surface area contributed by atoms with Crippen LogP contribution in [-0.2, 0) is 16.1 Å².